The highest BCUT2D eigenvalue weighted by atomic mass is 16.5. The van der Waals surface area contributed by atoms with Gasteiger partial charge in [-0.05, 0) is 62.7 Å². The van der Waals surface area contributed by atoms with E-state index in [1.165, 1.54) is 0 Å². The van der Waals surface area contributed by atoms with E-state index >= 15 is 0 Å². The molecule has 154 valence electrons. The van der Waals surface area contributed by atoms with Crippen molar-refractivity contribution in [3.63, 3.8) is 0 Å². The molecule has 1 aliphatic rings. The van der Waals surface area contributed by atoms with Crippen molar-refractivity contribution in [3.8, 4) is 17.2 Å². The Bertz CT molecular complexity index is 866. The van der Waals surface area contributed by atoms with Crippen LogP contribution in [-0.4, -0.2) is 38.2 Å². The Kier molecular flexibility index (Phi) is 6.59. The number of methoxy groups -OCH3 is 1. The molecule has 2 aromatic carbocycles. The van der Waals surface area contributed by atoms with Gasteiger partial charge in [0.25, 0.3) is 5.91 Å². The van der Waals surface area contributed by atoms with Crippen LogP contribution < -0.4 is 24.4 Å². The van der Waals surface area contributed by atoms with Crippen molar-refractivity contribution >= 4 is 23.2 Å². The van der Waals surface area contributed by atoms with E-state index in [2.05, 4.69) is 5.32 Å². The van der Waals surface area contributed by atoms with Crippen LogP contribution >= 0.6 is 0 Å². The lowest BCUT2D eigenvalue weighted by molar-refractivity contribution is -0.125. The molecule has 1 heterocycles. The van der Waals surface area contributed by atoms with Crippen molar-refractivity contribution in [2.75, 3.05) is 30.5 Å². The van der Waals surface area contributed by atoms with Crippen LogP contribution in [0, 0.1) is 0 Å². The summed E-state index contributed by atoms with van der Waals surface area (Å²) in [4.78, 5) is 26.2. The predicted octanol–water partition coefficient (Wildman–Crippen LogP) is 3.63. The van der Waals surface area contributed by atoms with Crippen molar-refractivity contribution in [2.45, 2.75) is 32.8 Å². The second kappa shape index (κ2) is 9.32. The van der Waals surface area contributed by atoms with E-state index in [1.54, 1.807) is 37.1 Å². The van der Waals surface area contributed by atoms with E-state index in [4.69, 9.17) is 14.2 Å². The van der Waals surface area contributed by atoms with Crippen LogP contribution in [0.25, 0.3) is 0 Å². The van der Waals surface area contributed by atoms with E-state index in [-0.39, 0.29) is 11.8 Å². The van der Waals surface area contributed by atoms with Gasteiger partial charge in [-0.2, -0.15) is 0 Å². The number of fused-ring (bicyclic) bond motifs is 1. The van der Waals surface area contributed by atoms with Crippen molar-refractivity contribution in [1.82, 2.24) is 0 Å². The number of rotatable bonds is 8. The van der Waals surface area contributed by atoms with Crippen LogP contribution in [0.4, 0.5) is 11.4 Å². The summed E-state index contributed by atoms with van der Waals surface area (Å²) in [5.41, 5.74) is 1.31. The molecule has 3 rings (SSSR count). The van der Waals surface area contributed by atoms with Crippen molar-refractivity contribution in [3.05, 3.63) is 42.5 Å². The summed E-state index contributed by atoms with van der Waals surface area (Å²) in [6.07, 6.45) is 0.411. The molecule has 0 fully saturated rings. The number of ether oxygens (including phenoxy) is 3. The summed E-state index contributed by atoms with van der Waals surface area (Å²) in [7, 11) is 1.61. The molecule has 2 aromatic rings. The molecular weight excluding hydrogens is 372 g/mol. The Hall–Kier alpha value is -3.22. The maximum absolute atomic E-state index is 12.3. The molecule has 1 aliphatic heterocycles. The fraction of sp³-hybridized carbons (Fsp3) is 0.364. The molecule has 1 N–H and O–H groups in total. The van der Waals surface area contributed by atoms with Crippen LogP contribution in [0.3, 0.4) is 0 Å². The number of carbonyl (C=O) groups is 2. The number of hydrogen-bond acceptors (Lipinski definition) is 5. The summed E-state index contributed by atoms with van der Waals surface area (Å²) >= 11 is 0. The highest BCUT2D eigenvalue weighted by Gasteiger charge is 2.30. The van der Waals surface area contributed by atoms with Gasteiger partial charge < -0.3 is 24.4 Å². The summed E-state index contributed by atoms with van der Waals surface area (Å²) < 4.78 is 16.4. The van der Waals surface area contributed by atoms with Gasteiger partial charge in [-0.1, -0.05) is 0 Å². The van der Waals surface area contributed by atoms with Crippen molar-refractivity contribution < 1.29 is 23.8 Å². The van der Waals surface area contributed by atoms with Crippen LogP contribution in [0.15, 0.2) is 42.5 Å². The number of anilines is 2. The smallest absolute Gasteiger partial charge is 0.267 e. The Labute approximate surface area is 170 Å². The molecule has 0 aromatic heterocycles. The molecule has 7 nitrogen and oxygen atoms in total. The normalized spacial score (nSPS) is 15.3. The minimum Gasteiger partial charge on any atom is -0.497 e. The lowest BCUT2D eigenvalue weighted by atomic mass is 10.1. The second-order valence-corrected chi connectivity index (χ2v) is 6.70. The highest BCUT2D eigenvalue weighted by molar-refractivity contribution is 6.01. The molecule has 0 radical (unpaired) electrons. The number of amides is 2. The summed E-state index contributed by atoms with van der Waals surface area (Å²) in [6, 6.07) is 12.6. The third-order valence-corrected chi connectivity index (χ3v) is 4.64. The first-order valence-corrected chi connectivity index (χ1v) is 9.70. The zero-order valence-electron chi connectivity index (χ0n) is 16.9. The van der Waals surface area contributed by atoms with E-state index in [0.29, 0.717) is 43.1 Å². The lowest BCUT2D eigenvalue weighted by Crippen LogP contribution is -2.44. The number of carbonyl (C=O) groups excluding carboxylic acids is 2. The van der Waals surface area contributed by atoms with Gasteiger partial charge in [0, 0.05) is 18.7 Å². The van der Waals surface area contributed by atoms with E-state index < -0.39 is 6.10 Å². The monoisotopic (exact) mass is 398 g/mol. The number of nitrogens with zero attached hydrogens (tertiary/aromatic N) is 1. The number of benzene rings is 2. The van der Waals surface area contributed by atoms with Crippen LogP contribution in [-0.2, 0) is 9.59 Å². The zero-order valence-corrected chi connectivity index (χ0v) is 16.9. The Morgan fingerprint density at radius 3 is 2.59 bits per heavy atom. The fourth-order valence-electron chi connectivity index (χ4n) is 3.13. The topological polar surface area (TPSA) is 77.1 Å². The predicted molar refractivity (Wildman–Crippen MR) is 111 cm³/mol. The third-order valence-electron chi connectivity index (χ3n) is 4.64. The van der Waals surface area contributed by atoms with Crippen LogP contribution in [0.5, 0.6) is 17.2 Å². The molecule has 0 saturated carbocycles. The second-order valence-electron chi connectivity index (χ2n) is 6.70. The Morgan fingerprint density at radius 1 is 1.17 bits per heavy atom. The van der Waals surface area contributed by atoms with Gasteiger partial charge in [0.05, 0.1) is 19.4 Å². The standard InChI is InChI=1S/C22H26N2O5/c1-4-24-19-14-16(7-12-20(19)29-15(2)22(24)26)23-21(25)6-5-13-28-18-10-8-17(27-3)9-11-18/h7-12,14-15H,4-6,13H2,1-3H3,(H,23,25). The summed E-state index contributed by atoms with van der Waals surface area (Å²) in [5, 5.41) is 2.87. The van der Waals surface area contributed by atoms with Gasteiger partial charge in [-0.25, -0.2) is 0 Å². The molecule has 29 heavy (non-hydrogen) atoms. The molecule has 7 heteroatoms. The third kappa shape index (κ3) is 4.99. The van der Waals surface area contributed by atoms with Crippen molar-refractivity contribution in [1.29, 1.82) is 0 Å². The molecule has 0 bridgehead atoms. The van der Waals surface area contributed by atoms with E-state index in [9.17, 15) is 9.59 Å². The van der Waals surface area contributed by atoms with Gasteiger partial charge in [-0.15, -0.1) is 0 Å². The first kappa shape index (κ1) is 20.5. The molecule has 1 atom stereocenters. The van der Waals surface area contributed by atoms with E-state index in [0.717, 1.165) is 11.5 Å². The SMILES string of the molecule is CCN1C(=O)C(C)Oc2ccc(NC(=O)CCCOc3ccc(OC)cc3)cc21. The quantitative estimate of drug-likeness (QED) is 0.687. The first-order valence-electron chi connectivity index (χ1n) is 9.70. The van der Waals surface area contributed by atoms with Gasteiger partial charge in [0.2, 0.25) is 5.91 Å². The molecule has 0 aliphatic carbocycles. The fourth-order valence-corrected chi connectivity index (χ4v) is 3.13. The van der Waals surface area contributed by atoms with Gasteiger partial charge in [0.15, 0.2) is 6.10 Å². The first-order chi connectivity index (χ1) is 14.0. The van der Waals surface area contributed by atoms with Gasteiger partial charge in [0.1, 0.15) is 17.2 Å². The Morgan fingerprint density at radius 2 is 1.90 bits per heavy atom. The molecule has 1 unspecified atom stereocenters. The molecule has 0 spiro atoms. The summed E-state index contributed by atoms with van der Waals surface area (Å²) in [5.74, 6) is 1.95. The number of hydrogen-bond donors (Lipinski definition) is 1. The summed E-state index contributed by atoms with van der Waals surface area (Å²) in [6.45, 7) is 4.62. The van der Waals surface area contributed by atoms with E-state index in [1.807, 2.05) is 31.2 Å². The average Bonchev–Trinajstić information content (AvgIpc) is 2.73. The van der Waals surface area contributed by atoms with Crippen LogP contribution in [0.2, 0.25) is 0 Å². The van der Waals surface area contributed by atoms with Crippen molar-refractivity contribution in [2.24, 2.45) is 0 Å². The van der Waals surface area contributed by atoms with Crippen LogP contribution in [0.1, 0.15) is 26.7 Å². The molecule has 0 saturated heterocycles. The largest absolute Gasteiger partial charge is 0.497 e. The maximum Gasteiger partial charge on any atom is 0.267 e. The molecule has 2 amide bonds. The number of likely N-dealkylation sites (N-methyl/N-ethyl adjacent to an activating group) is 1. The maximum atomic E-state index is 12.3. The minimum atomic E-state index is -0.506. The number of nitrogens with one attached hydrogen (secondary N) is 1. The lowest BCUT2D eigenvalue weighted by Gasteiger charge is -2.32. The molecular formula is C22H26N2O5. The zero-order chi connectivity index (χ0) is 20.8. The Balaban J connectivity index is 1.50. The minimum absolute atomic E-state index is 0.0841. The highest BCUT2D eigenvalue weighted by Crippen LogP contribution is 2.36. The van der Waals surface area contributed by atoms with Gasteiger partial charge >= 0.3 is 0 Å². The average molecular weight is 398 g/mol. The van der Waals surface area contributed by atoms with Gasteiger partial charge in [-0.3, -0.25) is 9.59 Å².